The van der Waals surface area contributed by atoms with Gasteiger partial charge in [-0.15, -0.1) is 0 Å². The van der Waals surface area contributed by atoms with Crippen molar-refractivity contribution < 1.29 is 0 Å². The van der Waals surface area contributed by atoms with E-state index in [1.54, 1.807) is 7.05 Å². The van der Waals surface area contributed by atoms with Crippen molar-refractivity contribution in [3.8, 4) is 0 Å². The Morgan fingerprint density at radius 2 is 2.15 bits per heavy atom. The second-order valence-corrected chi connectivity index (χ2v) is 3.93. The smallest absolute Gasteiger partial charge is 0.188 e. The van der Waals surface area contributed by atoms with Crippen LogP contribution in [0, 0.1) is 0 Å². The Morgan fingerprint density at radius 3 is 2.46 bits per heavy atom. The molecule has 0 amide bonds. The molecule has 3 N–H and O–H groups in total. The van der Waals surface area contributed by atoms with E-state index in [-0.39, 0.29) is 0 Å². The molecule has 0 saturated heterocycles. The Hall–Kier alpha value is -0.770. The number of rotatable bonds is 3. The van der Waals surface area contributed by atoms with Gasteiger partial charge in [0, 0.05) is 19.1 Å². The summed E-state index contributed by atoms with van der Waals surface area (Å²) in [7, 11) is 5.95. The van der Waals surface area contributed by atoms with Gasteiger partial charge in [-0.25, -0.2) is 0 Å². The van der Waals surface area contributed by atoms with Crippen LogP contribution in [0.25, 0.3) is 0 Å². The zero-order valence-electron chi connectivity index (χ0n) is 8.80. The summed E-state index contributed by atoms with van der Waals surface area (Å²) < 4.78 is 0. The van der Waals surface area contributed by atoms with Crippen LogP contribution in [0.5, 0.6) is 0 Å². The Morgan fingerprint density at radius 1 is 1.54 bits per heavy atom. The summed E-state index contributed by atoms with van der Waals surface area (Å²) in [5.41, 5.74) is 5.89. The van der Waals surface area contributed by atoms with Crippen LogP contribution in [0.2, 0.25) is 0 Å². The van der Waals surface area contributed by atoms with Crippen molar-refractivity contribution in [1.29, 1.82) is 0 Å². The second kappa shape index (κ2) is 3.96. The third-order valence-corrected chi connectivity index (χ3v) is 3.07. The van der Waals surface area contributed by atoms with Gasteiger partial charge in [-0.05, 0) is 33.4 Å². The number of aliphatic imine (C=N–C) groups is 1. The fourth-order valence-electron chi connectivity index (χ4n) is 1.70. The number of hydrogen-bond donors (Lipinski definition) is 2. The summed E-state index contributed by atoms with van der Waals surface area (Å²) in [4.78, 5) is 6.16. The van der Waals surface area contributed by atoms with E-state index < -0.39 is 0 Å². The minimum absolute atomic E-state index is 0.315. The Bertz CT molecular complexity index is 194. The number of hydrogen-bond acceptors (Lipinski definition) is 2. The van der Waals surface area contributed by atoms with Crippen molar-refractivity contribution in [2.45, 2.75) is 24.8 Å². The van der Waals surface area contributed by atoms with Crippen LogP contribution in [0.3, 0.4) is 0 Å². The van der Waals surface area contributed by atoms with Gasteiger partial charge in [0.15, 0.2) is 5.96 Å². The summed E-state index contributed by atoms with van der Waals surface area (Å²) in [5, 5.41) is 3.14. The zero-order chi connectivity index (χ0) is 9.90. The van der Waals surface area contributed by atoms with Gasteiger partial charge < -0.3 is 16.0 Å². The van der Waals surface area contributed by atoms with Crippen LogP contribution in [0.1, 0.15) is 19.3 Å². The van der Waals surface area contributed by atoms with E-state index in [0.717, 1.165) is 6.54 Å². The molecule has 4 heteroatoms. The largest absolute Gasteiger partial charge is 0.370 e. The molecule has 0 heterocycles. The first-order chi connectivity index (χ1) is 6.10. The van der Waals surface area contributed by atoms with Crippen LogP contribution in [0.4, 0.5) is 0 Å². The summed E-state index contributed by atoms with van der Waals surface area (Å²) in [6.45, 7) is 0.906. The molecule has 1 fully saturated rings. The summed E-state index contributed by atoms with van der Waals surface area (Å²) in [6.07, 6.45) is 3.83. The van der Waals surface area contributed by atoms with Crippen LogP contribution in [-0.2, 0) is 0 Å². The van der Waals surface area contributed by atoms with Crippen molar-refractivity contribution >= 4 is 5.96 Å². The standard InChI is InChI=1S/C9H20N4/c1-11-8(10)12-7-9(13(2)3)5-4-6-9/h4-7H2,1-3H3,(H3,10,11,12). The molecule has 0 unspecified atom stereocenters. The zero-order valence-corrected chi connectivity index (χ0v) is 8.80. The molecule has 1 rings (SSSR count). The first kappa shape index (κ1) is 10.3. The number of likely N-dealkylation sites (N-methyl/N-ethyl adjacent to an activating group) is 1. The van der Waals surface area contributed by atoms with E-state index in [9.17, 15) is 0 Å². The van der Waals surface area contributed by atoms with E-state index in [2.05, 4.69) is 29.3 Å². The van der Waals surface area contributed by atoms with Crippen LogP contribution >= 0.6 is 0 Å². The number of guanidine groups is 1. The molecule has 76 valence electrons. The van der Waals surface area contributed by atoms with Gasteiger partial charge >= 0.3 is 0 Å². The van der Waals surface area contributed by atoms with Crippen molar-refractivity contribution in [3.05, 3.63) is 0 Å². The molecule has 0 radical (unpaired) electrons. The third-order valence-electron chi connectivity index (χ3n) is 3.07. The minimum atomic E-state index is 0.315. The van der Waals surface area contributed by atoms with E-state index in [1.807, 2.05) is 0 Å². The highest BCUT2D eigenvalue weighted by molar-refractivity contribution is 5.77. The van der Waals surface area contributed by atoms with Gasteiger partial charge in [0.25, 0.3) is 0 Å². The highest BCUT2D eigenvalue weighted by atomic mass is 15.2. The molecule has 4 nitrogen and oxygen atoms in total. The average molecular weight is 184 g/mol. The molecule has 0 atom stereocenters. The van der Waals surface area contributed by atoms with Gasteiger partial charge in [-0.1, -0.05) is 0 Å². The molecule has 0 aliphatic heterocycles. The molecule has 1 aliphatic carbocycles. The van der Waals surface area contributed by atoms with Gasteiger partial charge in [0.2, 0.25) is 0 Å². The lowest BCUT2D eigenvalue weighted by molar-refractivity contribution is 0.0648. The fourth-order valence-corrected chi connectivity index (χ4v) is 1.70. The van der Waals surface area contributed by atoms with Crippen LogP contribution in [-0.4, -0.2) is 44.1 Å². The van der Waals surface area contributed by atoms with Crippen molar-refractivity contribution in [3.63, 3.8) is 0 Å². The topological polar surface area (TPSA) is 53.6 Å². The maximum atomic E-state index is 5.58. The number of nitrogens with one attached hydrogen (secondary N) is 1. The van der Waals surface area contributed by atoms with E-state index in [0.29, 0.717) is 11.5 Å². The molecule has 0 aromatic heterocycles. The molecule has 0 bridgehead atoms. The molecule has 0 aromatic carbocycles. The second-order valence-electron chi connectivity index (χ2n) is 3.93. The molecular weight excluding hydrogens is 164 g/mol. The molecule has 1 saturated carbocycles. The number of nitrogens with zero attached hydrogens (tertiary/aromatic N) is 2. The summed E-state index contributed by atoms with van der Waals surface area (Å²) in [6, 6.07) is 0. The van der Waals surface area contributed by atoms with Gasteiger partial charge in [0.1, 0.15) is 0 Å². The van der Waals surface area contributed by atoms with Gasteiger partial charge in [-0.3, -0.25) is 4.99 Å². The lowest BCUT2D eigenvalue weighted by atomic mass is 9.75. The van der Waals surface area contributed by atoms with Crippen molar-refractivity contribution in [1.82, 2.24) is 10.2 Å². The maximum absolute atomic E-state index is 5.58. The molecule has 0 aromatic rings. The first-order valence-corrected chi connectivity index (χ1v) is 4.74. The molecule has 13 heavy (non-hydrogen) atoms. The van der Waals surface area contributed by atoms with Crippen LogP contribution in [0.15, 0.2) is 4.99 Å². The lowest BCUT2D eigenvalue weighted by Crippen LogP contribution is -2.58. The van der Waals surface area contributed by atoms with Gasteiger partial charge in [-0.2, -0.15) is 0 Å². The van der Waals surface area contributed by atoms with Crippen LogP contribution < -0.4 is 11.1 Å². The predicted octanol–water partition coefficient (Wildman–Crippen LogP) is 0.00480. The maximum Gasteiger partial charge on any atom is 0.188 e. The summed E-state index contributed by atoms with van der Waals surface area (Å²) >= 11 is 0. The Kier molecular flexibility index (Phi) is 3.14. The van der Waals surface area contributed by atoms with E-state index in [4.69, 9.17) is 5.73 Å². The van der Waals surface area contributed by atoms with Crippen molar-refractivity contribution in [2.24, 2.45) is 10.7 Å². The van der Waals surface area contributed by atoms with Crippen molar-refractivity contribution in [2.75, 3.05) is 27.7 Å². The quantitative estimate of drug-likeness (QED) is 0.480. The Labute approximate surface area is 80.2 Å². The van der Waals surface area contributed by atoms with E-state index >= 15 is 0 Å². The highest BCUT2D eigenvalue weighted by Crippen LogP contribution is 2.35. The fraction of sp³-hybridized carbons (Fsp3) is 0.889. The first-order valence-electron chi connectivity index (χ1n) is 4.74. The summed E-state index contributed by atoms with van der Waals surface area (Å²) in [5.74, 6) is 0.535. The Balaban J connectivity index is 2.41. The molecular formula is C9H20N4. The average Bonchev–Trinajstić information content (AvgIpc) is 2.01. The molecule has 0 spiro atoms. The minimum Gasteiger partial charge on any atom is -0.370 e. The predicted molar refractivity (Wildman–Crippen MR) is 55.8 cm³/mol. The SMILES string of the molecule is CN=C(N)NCC1(N(C)C)CCC1. The van der Waals surface area contributed by atoms with E-state index in [1.165, 1.54) is 19.3 Å². The number of nitrogens with two attached hydrogens (primary N) is 1. The highest BCUT2D eigenvalue weighted by Gasteiger charge is 2.38. The molecule has 1 aliphatic rings. The van der Waals surface area contributed by atoms with Gasteiger partial charge in [0.05, 0.1) is 0 Å². The normalized spacial score (nSPS) is 21.4. The third kappa shape index (κ3) is 2.12. The monoisotopic (exact) mass is 184 g/mol. The lowest BCUT2D eigenvalue weighted by Gasteiger charge is -2.47.